The fourth-order valence-electron chi connectivity index (χ4n) is 2.76. The van der Waals surface area contributed by atoms with Crippen molar-refractivity contribution in [3.63, 3.8) is 0 Å². The minimum atomic E-state index is -0.353. The summed E-state index contributed by atoms with van der Waals surface area (Å²) in [6.45, 7) is 4.87. The smallest absolute Gasteiger partial charge is 0.233 e. The number of methoxy groups -OCH3 is 1. The molecular weight excluding hydrogens is 391 g/mol. The molecule has 0 bridgehead atoms. The van der Waals surface area contributed by atoms with E-state index in [0.29, 0.717) is 18.2 Å². The second kappa shape index (κ2) is 9.56. The molecule has 2 aromatic carbocycles. The number of halogens is 1. The Hall–Kier alpha value is -2.87. The lowest BCUT2D eigenvalue weighted by Gasteiger charge is -2.13. The van der Waals surface area contributed by atoms with E-state index in [1.807, 2.05) is 42.7 Å². The molecule has 0 aliphatic rings. The van der Waals surface area contributed by atoms with Gasteiger partial charge in [-0.1, -0.05) is 23.9 Å². The topological polar surface area (TPSA) is 69.0 Å². The number of ether oxygens (including phenoxy) is 1. The molecule has 0 fully saturated rings. The minimum Gasteiger partial charge on any atom is -0.497 e. The third-order valence-electron chi connectivity index (χ3n) is 4.41. The third-order valence-corrected chi connectivity index (χ3v) is 5.49. The van der Waals surface area contributed by atoms with Crippen molar-refractivity contribution < 1.29 is 13.9 Å². The second-order valence-electron chi connectivity index (χ2n) is 6.38. The summed E-state index contributed by atoms with van der Waals surface area (Å²) < 4.78 is 20.2. The van der Waals surface area contributed by atoms with Gasteiger partial charge < -0.3 is 14.6 Å². The van der Waals surface area contributed by atoms with Gasteiger partial charge in [0.1, 0.15) is 11.6 Å². The van der Waals surface area contributed by atoms with Crippen LogP contribution in [0.3, 0.4) is 0 Å². The lowest BCUT2D eigenvalue weighted by Crippen LogP contribution is -2.30. The van der Waals surface area contributed by atoms with E-state index in [-0.39, 0.29) is 17.0 Å². The SMILES string of the molecule is CCn1c(S[C@@H](C)C(=O)NCc2ccc(F)cc2)nnc1-c1ccc(OC)cc1. The molecule has 1 N–H and O–H groups in total. The molecule has 8 heteroatoms. The molecule has 1 amide bonds. The van der Waals surface area contributed by atoms with Gasteiger partial charge in [-0.15, -0.1) is 10.2 Å². The Morgan fingerprint density at radius 2 is 1.86 bits per heavy atom. The van der Waals surface area contributed by atoms with Crippen molar-refractivity contribution in [3.05, 3.63) is 59.9 Å². The summed E-state index contributed by atoms with van der Waals surface area (Å²) in [5.74, 6) is 1.11. The molecule has 0 aliphatic carbocycles. The van der Waals surface area contributed by atoms with E-state index in [1.165, 1.54) is 23.9 Å². The fraction of sp³-hybridized carbons (Fsp3) is 0.286. The maximum absolute atomic E-state index is 13.0. The molecule has 1 aromatic heterocycles. The van der Waals surface area contributed by atoms with Crippen LogP contribution in [0.25, 0.3) is 11.4 Å². The van der Waals surface area contributed by atoms with Crippen molar-refractivity contribution in [1.29, 1.82) is 0 Å². The number of nitrogens with one attached hydrogen (secondary N) is 1. The van der Waals surface area contributed by atoms with Crippen molar-refractivity contribution in [2.45, 2.75) is 37.3 Å². The third kappa shape index (κ3) is 5.14. The quantitative estimate of drug-likeness (QED) is 0.566. The maximum Gasteiger partial charge on any atom is 0.233 e. The summed E-state index contributed by atoms with van der Waals surface area (Å²) >= 11 is 1.36. The van der Waals surface area contributed by atoms with Gasteiger partial charge in [-0.05, 0) is 55.8 Å². The predicted octanol–water partition coefficient (Wildman–Crippen LogP) is 3.91. The van der Waals surface area contributed by atoms with Crippen LogP contribution in [0, 0.1) is 5.82 Å². The average molecular weight is 415 g/mol. The van der Waals surface area contributed by atoms with Crippen LogP contribution in [0.4, 0.5) is 4.39 Å². The van der Waals surface area contributed by atoms with E-state index in [2.05, 4.69) is 15.5 Å². The molecule has 1 heterocycles. The van der Waals surface area contributed by atoms with Crippen molar-refractivity contribution >= 4 is 17.7 Å². The Labute approximate surface area is 173 Å². The molecule has 3 rings (SSSR count). The summed E-state index contributed by atoms with van der Waals surface area (Å²) in [6, 6.07) is 13.7. The first-order chi connectivity index (χ1) is 14.0. The van der Waals surface area contributed by atoms with Gasteiger partial charge in [0.05, 0.1) is 12.4 Å². The number of hydrogen-bond acceptors (Lipinski definition) is 5. The number of nitrogens with zero attached hydrogens (tertiary/aromatic N) is 3. The van der Waals surface area contributed by atoms with Crippen LogP contribution >= 0.6 is 11.8 Å². The van der Waals surface area contributed by atoms with E-state index in [9.17, 15) is 9.18 Å². The lowest BCUT2D eigenvalue weighted by molar-refractivity contribution is -0.120. The van der Waals surface area contributed by atoms with Gasteiger partial charge in [0, 0.05) is 18.7 Å². The zero-order chi connectivity index (χ0) is 20.8. The van der Waals surface area contributed by atoms with Crippen LogP contribution in [-0.4, -0.2) is 33.0 Å². The van der Waals surface area contributed by atoms with E-state index in [0.717, 1.165) is 22.7 Å². The highest BCUT2D eigenvalue weighted by Crippen LogP contribution is 2.27. The van der Waals surface area contributed by atoms with Crippen molar-refractivity contribution in [2.24, 2.45) is 0 Å². The van der Waals surface area contributed by atoms with E-state index < -0.39 is 0 Å². The summed E-state index contributed by atoms with van der Waals surface area (Å²) in [5.41, 5.74) is 1.77. The van der Waals surface area contributed by atoms with Crippen LogP contribution in [0.5, 0.6) is 5.75 Å². The van der Waals surface area contributed by atoms with Crippen molar-refractivity contribution in [3.8, 4) is 17.1 Å². The van der Waals surface area contributed by atoms with Gasteiger partial charge in [0.25, 0.3) is 0 Å². The number of carbonyl (C=O) groups excluding carboxylic acids is 1. The number of benzene rings is 2. The highest BCUT2D eigenvalue weighted by molar-refractivity contribution is 8.00. The highest BCUT2D eigenvalue weighted by Gasteiger charge is 2.20. The molecule has 152 valence electrons. The standard InChI is InChI=1S/C21H23FN4O2S/c1-4-26-19(16-7-11-18(28-3)12-8-16)24-25-21(26)29-14(2)20(27)23-13-15-5-9-17(22)10-6-15/h5-12,14H,4,13H2,1-3H3,(H,23,27)/t14-/m0/s1. The molecule has 29 heavy (non-hydrogen) atoms. The molecular formula is C21H23FN4O2S. The van der Waals surface area contributed by atoms with E-state index >= 15 is 0 Å². The first-order valence-electron chi connectivity index (χ1n) is 9.28. The van der Waals surface area contributed by atoms with Gasteiger partial charge in [0.2, 0.25) is 5.91 Å². The summed E-state index contributed by atoms with van der Waals surface area (Å²) in [4.78, 5) is 12.5. The molecule has 3 aromatic rings. The van der Waals surface area contributed by atoms with Crippen LogP contribution in [0.1, 0.15) is 19.4 Å². The molecule has 0 saturated heterocycles. The Morgan fingerprint density at radius 1 is 1.17 bits per heavy atom. The zero-order valence-corrected chi connectivity index (χ0v) is 17.4. The summed E-state index contributed by atoms with van der Waals surface area (Å²) in [7, 11) is 1.63. The summed E-state index contributed by atoms with van der Waals surface area (Å²) in [6.07, 6.45) is 0. The van der Waals surface area contributed by atoms with Gasteiger partial charge >= 0.3 is 0 Å². The number of carbonyl (C=O) groups is 1. The van der Waals surface area contributed by atoms with Crippen LogP contribution in [-0.2, 0) is 17.9 Å². The normalized spacial score (nSPS) is 11.9. The number of thioether (sulfide) groups is 1. The molecule has 0 saturated carbocycles. The Kier molecular flexibility index (Phi) is 6.87. The van der Waals surface area contributed by atoms with Crippen LogP contribution in [0.2, 0.25) is 0 Å². The first-order valence-corrected chi connectivity index (χ1v) is 10.2. The van der Waals surface area contributed by atoms with Crippen LogP contribution in [0.15, 0.2) is 53.7 Å². The highest BCUT2D eigenvalue weighted by atomic mass is 32.2. The second-order valence-corrected chi connectivity index (χ2v) is 7.69. The molecule has 0 spiro atoms. The Morgan fingerprint density at radius 3 is 2.48 bits per heavy atom. The van der Waals surface area contributed by atoms with E-state index in [4.69, 9.17) is 4.74 Å². The van der Waals surface area contributed by atoms with E-state index in [1.54, 1.807) is 19.2 Å². The predicted molar refractivity (Wildman–Crippen MR) is 111 cm³/mol. The zero-order valence-electron chi connectivity index (χ0n) is 16.6. The van der Waals surface area contributed by atoms with Crippen molar-refractivity contribution in [2.75, 3.05) is 7.11 Å². The van der Waals surface area contributed by atoms with Gasteiger partial charge in [-0.2, -0.15) is 0 Å². The Bertz CT molecular complexity index is 958. The Balaban J connectivity index is 1.66. The number of hydrogen-bond donors (Lipinski definition) is 1. The van der Waals surface area contributed by atoms with Gasteiger partial charge in [-0.3, -0.25) is 4.79 Å². The fourth-order valence-corrected chi connectivity index (χ4v) is 3.70. The lowest BCUT2D eigenvalue weighted by atomic mass is 10.2. The van der Waals surface area contributed by atoms with Gasteiger partial charge in [-0.25, -0.2) is 4.39 Å². The largest absolute Gasteiger partial charge is 0.497 e. The number of amides is 1. The molecule has 0 unspecified atom stereocenters. The molecule has 0 aliphatic heterocycles. The maximum atomic E-state index is 13.0. The van der Waals surface area contributed by atoms with Gasteiger partial charge in [0.15, 0.2) is 11.0 Å². The average Bonchev–Trinajstić information content (AvgIpc) is 3.15. The van der Waals surface area contributed by atoms with Crippen LogP contribution < -0.4 is 10.1 Å². The molecule has 0 radical (unpaired) electrons. The number of rotatable bonds is 8. The molecule has 6 nitrogen and oxygen atoms in total. The molecule has 1 atom stereocenters. The first kappa shape index (κ1) is 20.9. The monoisotopic (exact) mass is 414 g/mol. The van der Waals surface area contributed by atoms with Crippen molar-refractivity contribution in [1.82, 2.24) is 20.1 Å². The number of aromatic nitrogens is 3. The summed E-state index contributed by atoms with van der Waals surface area (Å²) in [5, 5.41) is 11.8. The minimum absolute atomic E-state index is 0.115.